The average Bonchev–Trinajstić information content (AvgIpc) is 2.90. The summed E-state index contributed by atoms with van der Waals surface area (Å²) < 4.78 is 25.9. The molecule has 2 N–H and O–H groups in total. The highest BCUT2D eigenvalue weighted by molar-refractivity contribution is 7.91. The number of ether oxygens (including phenoxy) is 1. The molecule has 0 saturated carbocycles. The molecule has 1 saturated heterocycles. The monoisotopic (exact) mass is 545 g/mol. The van der Waals surface area contributed by atoms with Crippen LogP contribution in [0.5, 0.6) is 0 Å². The largest absolute Gasteiger partial charge is 0.372 e. The number of anilines is 1. The van der Waals surface area contributed by atoms with E-state index in [1.54, 1.807) is 13.1 Å². The average molecular weight is 546 g/mol. The minimum absolute atomic E-state index is 0.138. The molecule has 0 unspecified atom stereocenters. The van der Waals surface area contributed by atoms with Gasteiger partial charge in [0, 0.05) is 37.1 Å². The second kappa shape index (κ2) is 10.7. The number of carbonyl (C=O) groups excluding carboxylic acids is 1. The molecule has 1 aliphatic heterocycles. The fourth-order valence-corrected chi connectivity index (χ4v) is 5.68. The van der Waals surface area contributed by atoms with E-state index in [1.807, 2.05) is 36.4 Å². The van der Waals surface area contributed by atoms with Gasteiger partial charge in [0.05, 0.1) is 67.2 Å². The molecule has 1 amide bonds. The normalized spacial score (nSPS) is 19.0. The Morgan fingerprint density at radius 2 is 1.82 bits per heavy atom. The second-order valence-electron chi connectivity index (χ2n) is 9.94. The summed E-state index contributed by atoms with van der Waals surface area (Å²) in [5.41, 5.74) is 3.62. The molecule has 11 heteroatoms. The maximum Gasteiger partial charge on any atom is 0.253 e. The van der Waals surface area contributed by atoms with Crippen molar-refractivity contribution in [3.05, 3.63) is 71.8 Å². The number of carbonyl (C=O) groups is 1. The number of pyridine rings is 4. The lowest BCUT2D eigenvalue weighted by atomic mass is 10.1. The number of morpholine rings is 1. The minimum atomic E-state index is -3.00. The highest BCUT2D eigenvalue weighted by Crippen LogP contribution is 2.24. The van der Waals surface area contributed by atoms with E-state index < -0.39 is 9.73 Å². The van der Waals surface area contributed by atoms with Gasteiger partial charge in [0.2, 0.25) is 0 Å². The molecule has 202 valence electrons. The zero-order valence-corrected chi connectivity index (χ0v) is 23.2. The van der Waals surface area contributed by atoms with Crippen molar-refractivity contribution in [3.63, 3.8) is 0 Å². The van der Waals surface area contributed by atoms with Gasteiger partial charge in [-0.2, -0.15) is 0 Å². The number of nitrogens with zero attached hydrogens (tertiary/aromatic N) is 5. The van der Waals surface area contributed by atoms with Crippen molar-refractivity contribution in [2.45, 2.75) is 44.4 Å². The number of nitrogens with one attached hydrogen (secondary N) is 2. The van der Waals surface area contributed by atoms with Crippen LogP contribution < -0.4 is 10.2 Å². The maximum absolute atomic E-state index is 12.7. The second-order valence-corrected chi connectivity index (χ2v) is 12.1. The number of aryl methyl sites for hydroxylation is 1. The van der Waals surface area contributed by atoms with Crippen molar-refractivity contribution in [1.82, 2.24) is 25.3 Å². The van der Waals surface area contributed by atoms with E-state index in [9.17, 15) is 9.00 Å². The summed E-state index contributed by atoms with van der Waals surface area (Å²) in [6.45, 7) is 7.56. The Morgan fingerprint density at radius 3 is 2.56 bits per heavy atom. The van der Waals surface area contributed by atoms with Gasteiger partial charge in [-0.15, -0.1) is 0 Å². The lowest BCUT2D eigenvalue weighted by Gasteiger charge is -2.36. The van der Waals surface area contributed by atoms with Crippen LogP contribution in [0.1, 0.15) is 35.6 Å². The standard InChI is InChI=1S/C28H31N7O3S/c1-17-15-35(16-18(2)38-17)27-7-5-6-23(34-27)24-9-8-20-12-31-22(11-25(20)33-24)14-32-28(36)21-10-26(39(4,29)37)19(3)30-13-21/h5-13,17-18,29H,14-16H2,1-4H3,(H,32,36)/t17-,18+,39-/m0/s1. The van der Waals surface area contributed by atoms with Crippen LogP contribution in [0.2, 0.25) is 0 Å². The van der Waals surface area contributed by atoms with Gasteiger partial charge >= 0.3 is 0 Å². The summed E-state index contributed by atoms with van der Waals surface area (Å²) in [6, 6.07) is 13.2. The van der Waals surface area contributed by atoms with E-state index >= 15 is 0 Å². The number of amides is 1. The molecular formula is C28H31N7O3S. The van der Waals surface area contributed by atoms with E-state index in [1.165, 1.54) is 18.5 Å². The third kappa shape index (κ3) is 6.04. The van der Waals surface area contributed by atoms with Gasteiger partial charge in [0.25, 0.3) is 5.91 Å². The molecular weight excluding hydrogens is 514 g/mol. The number of aromatic nitrogens is 4. The molecule has 39 heavy (non-hydrogen) atoms. The molecule has 0 radical (unpaired) electrons. The molecule has 1 fully saturated rings. The Hall–Kier alpha value is -3.96. The molecule has 1 aliphatic rings. The summed E-state index contributed by atoms with van der Waals surface area (Å²) in [5.74, 6) is 0.511. The molecule has 0 aliphatic carbocycles. The van der Waals surface area contributed by atoms with Crippen LogP contribution in [0.3, 0.4) is 0 Å². The Morgan fingerprint density at radius 1 is 1.08 bits per heavy atom. The SMILES string of the molecule is Cc1ncc(C(=O)NCc2cc3nc(-c4cccc(N5C[C@@H](C)O[C@@H](C)C5)n4)ccc3cn2)cc1[S@@](C)(=N)=O. The van der Waals surface area contributed by atoms with E-state index in [0.717, 1.165) is 41.2 Å². The lowest BCUT2D eigenvalue weighted by Crippen LogP contribution is -2.45. The third-order valence-corrected chi connectivity index (χ3v) is 7.78. The Balaban J connectivity index is 1.34. The zero-order valence-electron chi connectivity index (χ0n) is 22.3. The lowest BCUT2D eigenvalue weighted by molar-refractivity contribution is -0.00545. The smallest absolute Gasteiger partial charge is 0.253 e. The Labute approximate surface area is 227 Å². The van der Waals surface area contributed by atoms with Crippen molar-refractivity contribution in [2.24, 2.45) is 0 Å². The third-order valence-electron chi connectivity index (χ3n) is 6.52. The molecule has 5 rings (SSSR count). The van der Waals surface area contributed by atoms with Crippen LogP contribution in [0, 0.1) is 11.7 Å². The van der Waals surface area contributed by atoms with Crippen LogP contribution >= 0.6 is 0 Å². The number of hydrogen-bond acceptors (Lipinski definition) is 9. The van der Waals surface area contributed by atoms with E-state index in [2.05, 4.69) is 34.0 Å². The summed E-state index contributed by atoms with van der Waals surface area (Å²) in [6.07, 6.45) is 4.74. The fraction of sp³-hybridized carbons (Fsp3) is 0.321. The highest BCUT2D eigenvalue weighted by Gasteiger charge is 2.23. The number of fused-ring (bicyclic) bond motifs is 1. The van der Waals surface area contributed by atoms with E-state index in [-0.39, 0.29) is 35.1 Å². The number of rotatable bonds is 6. The van der Waals surface area contributed by atoms with Gasteiger partial charge in [-0.1, -0.05) is 6.07 Å². The highest BCUT2D eigenvalue weighted by atomic mass is 32.2. The topological polar surface area (TPSA) is 134 Å². The van der Waals surface area contributed by atoms with Crippen molar-refractivity contribution in [2.75, 3.05) is 24.2 Å². The quantitative estimate of drug-likeness (QED) is 0.372. The van der Waals surface area contributed by atoms with Crippen molar-refractivity contribution < 1.29 is 13.7 Å². The number of hydrogen-bond donors (Lipinski definition) is 2. The first-order valence-electron chi connectivity index (χ1n) is 12.7. The van der Waals surface area contributed by atoms with E-state index in [0.29, 0.717) is 11.4 Å². The maximum atomic E-state index is 12.7. The minimum Gasteiger partial charge on any atom is -0.372 e. The zero-order chi connectivity index (χ0) is 27.7. The molecule has 10 nitrogen and oxygen atoms in total. The molecule has 0 spiro atoms. The summed E-state index contributed by atoms with van der Waals surface area (Å²) in [7, 11) is -3.00. The summed E-state index contributed by atoms with van der Waals surface area (Å²) in [4.78, 5) is 33.6. The Kier molecular flexibility index (Phi) is 7.28. The van der Waals surface area contributed by atoms with Crippen molar-refractivity contribution in [1.29, 1.82) is 4.78 Å². The molecule has 3 atom stereocenters. The first-order valence-corrected chi connectivity index (χ1v) is 14.7. The first-order chi connectivity index (χ1) is 18.6. The van der Waals surface area contributed by atoms with Gasteiger partial charge in [0.15, 0.2) is 0 Å². The van der Waals surface area contributed by atoms with Crippen LogP contribution in [0.15, 0.2) is 59.8 Å². The molecule has 4 aromatic rings. The molecule has 4 aromatic heterocycles. The van der Waals surface area contributed by atoms with Crippen LogP contribution in [-0.2, 0) is 21.0 Å². The first kappa shape index (κ1) is 26.6. The van der Waals surface area contributed by atoms with Crippen LogP contribution in [-0.4, -0.2) is 61.6 Å². The molecule has 0 aromatic carbocycles. The van der Waals surface area contributed by atoms with Crippen molar-refractivity contribution in [3.8, 4) is 11.4 Å². The van der Waals surface area contributed by atoms with Gasteiger partial charge in [-0.3, -0.25) is 14.8 Å². The predicted octanol–water partition coefficient (Wildman–Crippen LogP) is 3.97. The van der Waals surface area contributed by atoms with Gasteiger partial charge in [0.1, 0.15) is 5.82 Å². The summed E-state index contributed by atoms with van der Waals surface area (Å²) in [5, 5.41) is 3.70. The van der Waals surface area contributed by atoms with Crippen molar-refractivity contribution >= 4 is 32.4 Å². The Bertz CT molecular complexity index is 1650. The fourth-order valence-electron chi connectivity index (χ4n) is 4.71. The molecule has 0 bridgehead atoms. The van der Waals surface area contributed by atoms with Crippen LogP contribution in [0.25, 0.3) is 22.3 Å². The van der Waals surface area contributed by atoms with Gasteiger partial charge in [-0.05, 0) is 57.2 Å². The summed E-state index contributed by atoms with van der Waals surface area (Å²) >= 11 is 0. The molecule has 5 heterocycles. The predicted molar refractivity (Wildman–Crippen MR) is 150 cm³/mol. The van der Waals surface area contributed by atoms with Gasteiger partial charge < -0.3 is 15.0 Å². The van der Waals surface area contributed by atoms with E-state index in [4.69, 9.17) is 19.5 Å². The van der Waals surface area contributed by atoms with Crippen LogP contribution in [0.4, 0.5) is 5.82 Å². The van der Waals surface area contributed by atoms with Gasteiger partial charge in [-0.25, -0.2) is 19.0 Å².